The van der Waals surface area contributed by atoms with Gasteiger partial charge in [0.1, 0.15) is 17.5 Å². The van der Waals surface area contributed by atoms with Crippen LogP contribution in [-0.4, -0.2) is 76.2 Å². The number of carboxylic acids is 1. The summed E-state index contributed by atoms with van der Waals surface area (Å²) in [7, 11) is 0. The lowest BCUT2D eigenvalue weighted by atomic mass is 9.34. The largest absolute Gasteiger partial charge is 0.481 e. The summed E-state index contributed by atoms with van der Waals surface area (Å²) in [6.07, 6.45) is 8.08. The predicted octanol–water partition coefficient (Wildman–Crippen LogP) is 8.83. The molecule has 0 radical (unpaired) electrons. The van der Waals surface area contributed by atoms with Crippen LogP contribution >= 0.6 is 0 Å². The molecule has 57 heavy (non-hydrogen) atoms. The van der Waals surface area contributed by atoms with Crippen molar-refractivity contribution in [2.24, 2.45) is 50.7 Å². The first kappa shape index (κ1) is 43.5. The van der Waals surface area contributed by atoms with E-state index in [4.69, 9.17) is 9.47 Å². The molecule has 4 saturated carbocycles. The first-order chi connectivity index (χ1) is 26.2. The summed E-state index contributed by atoms with van der Waals surface area (Å²) >= 11 is 0. The monoisotopic (exact) mass is 796 g/mol. The maximum Gasteiger partial charge on any atom is 0.407 e. The quantitative estimate of drug-likeness (QED) is 0.171. The topological polar surface area (TPSA) is 151 Å². The zero-order valence-electron chi connectivity index (χ0n) is 37.1. The van der Waals surface area contributed by atoms with Crippen molar-refractivity contribution in [2.75, 3.05) is 13.1 Å². The van der Waals surface area contributed by atoms with Crippen LogP contribution in [0.2, 0.25) is 0 Å². The summed E-state index contributed by atoms with van der Waals surface area (Å²) in [5.74, 6) is -0.526. The fourth-order valence-electron chi connectivity index (χ4n) is 13.4. The number of carbonyl (C=O) groups excluding carboxylic acids is 4. The maximum absolute atomic E-state index is 14.2. The van der Waals surface area contributed by atoms with E-state index in [1.54, 1.807) is 13.8 Å². The molecule has 1 aliphatic heterocycles. The Morgan fingerprint density at radius 2 is 1.53 bits per heavy atom. The Morgan fingerprint density at radius 3 is 2.12 bits per heavy atom. The van der Waals surface area contributed by atoms with Gasteiger partial charge < -0.3 is 30.1 Å². The lowest BCUT2D eigenvalue weighted by Crippen LogP contribution is -2.65. The Hall–Kier alpha value is -3.11. The molecule has 3 amide bonds. The van der Waals surface area contributed by atoms with Crippen LogP contribution in [0.3, 0.4) is 0 Å². The number of nitrogens with one attached hydrogen (secondary N) is 2. The van der Waals surface area contributed by atoms with Gasteiger partial charge in [-0.1, -0.05) is 54.0 Å². The zero-order chi connectivity index (χ0) is 42.3. The van der Waals surface area contributed by atoms with Gasteiger partial charge in [-0.3, -0.25) is 14.4 Å². The molecular weight excluding hydrogens is 723 g/mol. The van der Waals surface area contributed by atoms with Crippen LogP contribution in [0.4, 0.5) is 9.59 Å². The molecule has 11 nitrogen and oxygen atoms in total. The Morgan fingerprint density at radius 1 is 0.877 bits per heavy atom. The summed E-state index contributed by atoms with van der Waals surface area (Å²) in [4.78, 5) is 67.5. The summed E-state index contributed by atoms with van der Waals surface area (Å²) < 4.78 is 11.6. The van der Waals surface area contributed by atoms with Gasteiger partial charge in [-0.05, 0) is 138 Å². The highest BCUT2D eigenvalue weighted by Gasteiger charge is 2.69. The van der Waals surface area contributed by atoms with E-state index in [0.29, 0.717) is 44.2 Å². The van der Waals surface area contributed by atoms with Crippen LogP contribution in [0.5, 0.6) is 0 Å². The second kappa shape index (κ2) is 14.6. The van der Waals surface area contributed by atoms with Crippen LogP contribution < -0.4 is 10.6 Å². The number of carboxylic acid groups (broad SMARTS) is 1. The molecule has 6 aliphatic rings. The van der Waals surface area contributed by atoms with Gasteiger partial charge in [-0.15, -0.1) is 0 Å². The van der Waals surface area contributed by atoms with Gasteiger partial charge in [-0.25, -0.2) is 9.59 Å². The molecule has 5 fully saturated rings. The lowest BCUT2D eigenvalue weighted by Gasteiger charge is -2.70. The van der Waals surface area contributed by atoms with Crippen molar-refractivity contribution in [3.05, 3.63) is 11.1 Å². The number of aliphatic carboxylic acids is 1. The number of hydrogen-bond donors (Lipinski definition) is 3. The number of piperidine rings is 1. The lowest BCUT2D eigenvalue weighted by molar-refractivity contribution is -0.214. The number of allylic oxidation sites excluding steroid dienone is 1. The molecule has 3 N–H and O–H groups in total. The minimum Gasteiger partial charge on any atom is -0.481 e. The van der Waals surface area contributed by atoms with Gasteiger partial charge in [0.05, 0.1) is 17.4 Å². The molecule has 6 rings (SSSR count). The fraction of sp³-hybridized carbons (Fsp3) is 0.848. The van der Waals surface area contributed by atoms with Crippen molar-refractivity contribution in [3.8, 4) is 0 Å². The van der Waals surface area contributed by atoms with E-state index in [1.807, 2.05) is 25.7 Å². The molecule has 0 bridgehead atoms. The number of nitrogens with zero attached hydrogens (tertiary/aromatic N) is 1. The SMILES string of the molecule is CC(C)C1C(=O)C[C@]2(NC(=O)N3CCC(NC(=O)OC(C)(C)C)CC3)CC[C@]3(C)C(=C12)CCC1[C@@]2(C)CC[C@H](OC(=O)CC(C)(C)C(=O)O)C(C)(C)C2CC[C@]13C. The number of ether oxygens (including phenoxy) is 2. The average Bonchev–Trinajstić information content (AvgIpc) is 3.37. The Bertz CT molecular complexity index is 1690. The Kier molecular flexibility index (Phi) is 11.1. The van der Waals surface area contributed by atoms with E-state index >= 15 is 0 Å². The minimum absolute atomic E-state index is 0.0176. The van der Waals surface area contributed by atoms with Gasteiger partial charge in [0.25, 0.3) is 0 Å². The molecule has 0 spiro atoms. The zero-order valence-corrected chi connectivity index (χ0v) is 37.1. The Labute approximate surface area is 341 Å². The molecule has 5 aliphatic carbocycles. The fourth-order valence-corrected chi connectivity index (χ4v) is 13.4. The third kappa shape index (κ3) is 7.42. The average molecular weight is 796 g/mol. The third-order valence-electron chi connectivity index (χ3n) is 16.6. The van der Waals surface area contributed by atoms with Crippen molar-refractivity contribution in [3.63, 3.8) is 0 Å². The predicted molar refractivity (Wildman–Crippen MR) is 218 cm³/mol. The number of likely N-dealkylation sites (tertiary alicyclic amines) is 1. The van der Waals surface area contributed by atoms with Crippen LogP contribution in [0.25, 0.3) is 0 Å². The van der Waals surface area contributed by atoms with Gasteiger partial charge in [0, 0.05) is 36.9 Å². The van der Waals surface area contributed by atoms with Crippen molar-refractivity contribution in [2.45, 2.75) is 183 Å². The number of rotatable bonds is 7. The summed E-state index contributed by atoms with van der Waals surface area (Å²) in [6.45, 7) is 26.0. The number of carbonyl (C=O) groups is 5. The molecule has 1 heterocycles. The van der Waals surface area contributed by atoms with E-state index < -0.39 is 34.6 Å². The van der Waals surface area contributed by atoms with Crippen LogP contribution in [0.1, 0.15) is 160 Å². The number of ketones is 1. The van der Waals surface area contributed by atoms with Crippen LogP contribution in [0.15, 0.2) is 11.1 Å². The molecule has 320 valence electrons. The van der Waals surface area contributed by atoms with Crippen molar-refractivity contribution in [1.82, 2.24) is 15.5 Å². The molecule has 11 heteroatoms. The first-order valence-corrected chi connectivity index (χ1v) is 22.0. The van der Waals surface area contributed by atoms with Crippen LogP contribution in [-0.2, 0) is 23.9 Å². The van der Waals surface area contributed by atoms with E-state index in [2.05, 4.69) is 59.1 Å². The smallest absolute Gasteiger partial charge is 0.407 e. The number of Topliss-reactive ketones (excluding diaryl/α,β-unsaturated/α-hetero) is 1. The van der Waals surface area contributed by atoms with E-state index in [-0.39, 0.29) is 63.9 Å². The summed E-state index contributed by atoms with van der Waals surface area (Å²) in [6, 6.07) is -0.183. The van der Waals surface area contributed by atoms with E-state index in [1.165, 1.54) is 11.1 Å². The van der Waals surface area contributed by atoms with E-state index in [9.17, 15) is 29.1 Å². The van der Waals surface area contributed by atoms with Gasteiger partial charge in [0.2, 0.25) is 0 Å². The number of hydrogen-bond acceptors (Lipinski definition) is 7. The highest BCUT2D eigenvalue weighted by Crippen LogP contribution is 2.75. The molecule has 0 aromatic carbocycles. The third-order valence-corrected chi connectivity index (χ3v) is 16.6. The number of amides is 3. The second-order valence-electron chi connectivity index (χ2n) is 22.3. The van der Waals surface area contributed by atoms with Gasteiger partial charge >= 0.3 is 24.1 Å². The van der Waals surface area contributed by atoms with Gasteiger partial charge in [0.15, 0.2) is 0 Å². The standard InChI is InChI=1S/C46H73N3O8/c1-27(2)35-30(50)25-46(48-38(54)49-23-17-28(18-24-49)47-39(55)57-40(3,4)5)22-21-44(11)29(36(35)46)13-14-32-43(10)19-16-33(56-34(51)26-41(6,7)37(52)53)42(8,9)31(43)15-20-45(32,44)12/h27-28,31-33,35H,13-26H2,1-12H3,(H,47,55)(H,48,54)(H,52,53)/t31?,32?,33-,35?,43-,44+,45+,46+/m0/s1. The summed E-state index contributed by atoms with van der Waals surface area (Å²) in [5.41, 5.74) is -0.221. The molecule has 0 aromatic heterocycles. The number of fused-ring (bicyclic) bond motifs is 6. The molecule has 3 unspecified atom stereocenters. The van der Waals surface area contributed by atoms with Gasteiger partial charge in [-0.2, -0.15) is 0 Å². The Balaban J connectivity index is 1.23. The molecular formula is C46H73N3O8. The molecule has 0 aromatic rings. The number of esters is 1. The molecule has 8 atom stereocenters. The van der Waals surface area contributed by atoms with E-state index in [0.717, 1.165) is 51.4 Å². The minimum atomic E-state index is -1.18. The van der Waals surface area contributed by atoms with Crippen molar-refractivity contribution in [1.29, 1.82) is 0 Å². The normalized spacial score (nSPS) is 36.7. The first-order valence-electron chi connectivity index (χ1n) is 22.0. The second-order valence-corrected chi connectivity index (χ2v) is 22.3. The van der Waals surface area contributed by atoms with Crippen molar-refractivity contribution >= 4 is 29.8 Å². The molecule has 1 saturated heterocycles. The summed E-state index contributed by atoms with van der Waals surface area (Å²) in [5, 5.41) is 16.1. The number of urea groups is 1. The highest BCUT2D eigenvalue weighted by atomic mass is 16.6. The number of alkyl carbamates (subject to hydrolysis) is 1. The maximum atomic E-state index is 14.2. The highest BCUT2D eigenvalue weighted by molar-refractivity contribution is 5.92. The van der Waals surface area contributed by atoms with Crippen LogP contribution in [0, 0.1) is 50.7 Å². The van der Waals surface area contributed by atoms with Crippen molar-refractivity contribution < 1.29 is 38.6 Å².